The fourth-order valence-electron chi connectivity index (χ4n) is 6.93. The second-order valence-corrected chi connectivity index (χ2v) is 26.5. The van der Waals surface area contributed by atoms with Crippen LogP contribution in [-0.4, -0.2) is 28.8 Å². The summed E-state index contributed by atoms with van der Waals surface area (Å²) < 4.78 is 16.1. The first kappa shape index (κ1) is 29.3. The third kappa shape index (κ3) is 4.67. The quantitative estimate of drug-likeness (QED) is 0.225. The maximum absolute atomic E-state index is 7.44. The molecule has 4 aliphatic rings. The number of hydrogen-bond donors (Lipinski definition) is 0. The van der Waals surface area contributed by atoms with Crippen LogP contribution < -0.4 is 0 Å². The highest BCUT2D eigenvalue weighted by Gasteiger charge is 2.59. The molecule has 0 unspecified atom stereocenters. The molecule has 2 nitrogen and oxygen atoms in total. The van der Waals surface area contributed by atoms with Crippen LogP contribution in [0.1, 0.15) is 87.5 Å². The van der Waals surface area contributed by atoms with E-state index in [1.165, 1.54) is 19.3 Å². The highest BCUT2D eigenvalue weighted by Crippen LogP contribution is 2.65. The number of hydrogen-bond acceptors (Lipinski definition) is 2. The highest BCUT2D eigenvalue weighted by atomic mass is 127. The average molecular weight is 641 g/mol. The molecule has 36 heavy (non-hydrogen) atoms. The van der Waals surface area contributed by atoms with Gasteiger partial charge in [0.15, 0.2) is 16.6 Å². The second kappa shape index (κ2) is 9.17. The Kier molecular flexibility index (Phi) is 7.46. The molecule has 0 aromatic heterocycles. The van der Waals surface area contributed by atoms with Crippen LogP contribution in [0.15, 0.2) is 33.0 Å². The lowest BCUT2D eigenvalue weighted by molar-refractivity contribution is -0.0381. The van der Waals surface area contributed by atoms with Crippen LogP contribution in [0.4, 0.5) is 0 Å². The first-order valence-electron chi connectivity index (χ1n) is 14.4. The molecule has 0 aliphatic heterocycles. The summed E-state index contributed by atoms with van der Waals surface area (Å²) in [5, 5.41) is 0.419. The van der Waals surface area contributed by atoms with E-state index < -0.39 is 16.6 Å². The van der Waals surface area contributed by atoms with E-state index in [-0.39, 0.29) is 27.7 Å². The van der Waals surface area contributed by atoms with Gasteiger partial charge in [-0.25, -0.2) is 0 Å². The van der Waals surface area contributed by atoms with Crippen LogP contribution in [0.3, 0.4) is 0 Å². The van der Waals surface area contributed by atoms with E-state index in [4.69, 9.17) is 8.85 Å². The van der Waals surface area contributed by atoms with Gasteiger partial charge >= 0.3 is 0 Å². The van der Waals surface area contributed by atoms with Gasteiger partial charge in [0.1, 0.15) is 0 Å². The van der Waals surface area contributed by atoms with Crippen LogP contribution in [0, 0.1) is 22.7 Å². The van der Waals surface area contributed by atoms with Crippen molar-refractivity contribution >= 4 is 39.2 Å². The van der Waals surface area contributed by atoms with Gasteiger partial charge in [0.2, 0.25) is 0 Å². The van der Waals surface area contributed by atoms with E-state index in [1.54, 1.807) is 14.7 Å². The van der Waals surface area contributed by atoms with Gasteiger partial charge in [0, 0.05) is 10.8 Å². The summed E-state index contributed by atoms with van der Waals surface area (Å²) in [6, 6.07) is 0. The van der Waals surface area contributed by atoms with Gasteiger partial charge in [0.05, 0.1) is 12.2 Å². The SMILES string of the molecule is CC(C)(C)[Si](C)(C)O[C@@H]1CC2=CC=C3[C@H](CC[C@]4(C)C(I)=CC[C@@H]34)[C@@]2(C)[C@@H](O[Si](C)(C)C(C)(C)C)C1. The van der Waals surface area contributed by atoms with Crippen molar-refractivity contribution in [3.05, 3.63) is 33.0 Å². The van der Waals surface area contributed by atoms with E-state index in [0.717, 1.165) is 12.8 Å². The molecule has 0 heterocycles. The van der Waals surface area contributed by atoms with Gasteiger partial charge in [-0.3, -0.25) is 0 Å². The predicted octanol–water partition coefficient (Wildman–Crippen LogP) is 10.2. The summed E-state index contributed by atoms with van der Waals surface area (Å²) in [6.07, 6.45) is 14.0. The fourth-order valence-corrected chi connectivity index (χ4v) is 10.6. The number of rotatable bonds is 4. The summed E-state index contributed by atoms with van der Waals surface area (Å²) in [7, 11) is -3.81. The summed E-state index contributed by atoms with van der Waals surface area (Å²) in [4.78, 5) is 0. The van der Waals surface area contributed by atoms with Crippen LogP contribution >= 0.6 is 22.6 Å². The molecule has 0 N–H and O–H groups in total. The molecular formula is C31H53IO2Si2. The van der Waals surface area contributed by atoms with Gasteiger partial charge in [-0.15, -0.1) is 0 Å². The Hall–Kier alpha value is 0.304. The minimum absolute atomic E-state index is 0.0717. The van der Waals surface area contributed by atoms with Crippen molar-refractivity contribution in [3.63, 3.8) is 0 Å². The molecule has 0 radical (unpaired) electrons. The molecule has 0 aromatic carbocycles. The first-order valence-corrected chi connectivity index (χ1v) is 21.3. The molecule has 5 heteroatoms. The molecule has 6 atom stereocenters. The molecule has 204 valence electrons. The Labute approximate surface area is 238 Å². The Morgan fingerprint density at radius 1 is 0.889 bits per heavy atom. The third-order valence-electron chi connectivity index (χ3n) is 11.6. The molecule has 0 aromatic rings. The van der Waals surface area contributed by atoms with Crippen molar-refractivity contribution in [2.75, 3.05) is 0 Å². The smallest absolute Gasteiger partial charge is 0.192 e. The second-order valence-electron chi connectivity index (χ2n) is 15.8. The molecule has 0 saturated heterocycles. The van der Waals surface area contributed by atoms with Gasteiger partial charge in [-0.05, 0) is 106 Å². The van der Waals surface area contributed by atoms with Crippen molar-refractivity contribution in [1.29, 1.82) is 0 Å². The van der Waals surface area contributed by atoms with Crippen molar-refractivity contribution in [3.8, 4) is 0 Å². The van der Waals surface area contributed by atoms with Crippen LogP contribution in [0.2, 0.25) is 36.3 Å². The minimum Gasteiger partial charge on any atom is -0.414 e. The van der Waals surface area contributed by atoms with Crippen LogP contribution in [-0.2, 0) is 8.85 Å². The lowest BCUT2D eigenvalue weighted by Crippen LogP contribution is -2.58. The Morgan fingerprint density at radius 2 is 1.47 bits per heavy atom. The summed E-state index contributed by atoms with van der Waals surface area (Å²) in [5.41, 5.74) is 3.72. The molecule has 4 rings (SSSR count). The zero-order valence-electron chi connectivity index (χ0n) is 25.3. The molecular weight excluding hydrogens is 587 g/mol. The topological polar surface area (TPSA) is 18.5 Å². The molecule has 2 saturated carbocycles. The first-order chi connectivity index (χ1) is 16.2. The predicted molar refractivity (Wildman–Crippen MR) is 169 cm³/mol. The minimum atomic E-state index is -1.95. The van der Waals surface area contributed by atoms with Crippen molar-refractivity contribution in [1.82, 2.24) is 0 Å². The van der Waals surface area contributed by atoms with Crippen LogP contribution in [0.25, 0.3) is 0 Å². The Balaban J connectivity index is 1.74. The lowest BCUT2D eigenvalue weighted by atomic mass is 9.50. The summed E-state index contributed by atoms with van der Waals surface area (Å²) in [6.45, 7) is 29.0. The van der Waals surface area contributed by atoms with E-state index in [1.807, 2.05) is 0 Å². The molecule has 0 bridgehead atoms. The third-order valence-corrected chi connectivity index (χ3v) is 22.3. The van der Waals surface area contributed by atoms with Gasteiger partial charge in [-0.1, -0.05) is 84.8 Å². The normalized spacial score (nSPS) is 37.4. The lowest BCUT2D eigenvalue weighted by Gasteiger charge is -2.59. The van der Waals surface area contributed by atoms with Crippen LogP contribution in [0.5, 0.6) is 0 Å². The van der Waals surface area contributed by atoms with E-state index >= 15 is 0 Å². The van der Waals surface area contributed by atoms with E-state index in [0.29, 0.717) is 17.3 Å². The Bertz CT molecular complexity index is 980. The molecule has 4 aliphatic carbocycles. The Morgan fingerprint density at radius 3 is 2.06 bits per heavy atom. The zero-order valence-corrected chi connectivity index (χ0v) is 29.4. The average Bonchev–Trinajstić information content (AvgIpc) is 3.01. The van der Waals surface area contributed by atoms with E-state index in [9.17, 15) is 0 Å². The monoisotopic (exact) mass is 640 g/mol. The maximum Gasteiger partial charge on any atom is 0.192 e. The zero-order chi connectivity index (χ0) is 27.1. The maximum atomic E-state index is 7.44. The number of fused-ring (bicyclic) bond motifs is 5. The largest absolute Gasteiger partial charge is 0.414 e. The van der Waals surface area contributed by atoms with Gasteiger partial charge in [-0.2, -0.15) is 0 Å². The van der Waals surface area contributed by atoms with Crippen molar-refractivity contribution in [2.24, 2.45) is 22.7 Å². The summed E-state index contributed by atoms with van der Waals surface area (Å²) in [5.74, 6) is 1.25. The summed E-state index contributed by atoms with van der Waals surface area (Å²) >= 11 is 2.63. The van der Waals surface area contributed by atoms with Crippen molar-refractivity contribution < 1.29 is 8.85 Å². The number of halogens is 1. The van der Waals surface area contributed by atoms with Gasteiger partial charge in [0.25, 0.3) is 0 Å². The number of allylic oxidation sites excluding steroid dienone is 5. The van der Waals surface area contributed by atoms with Gasteiger partial charge < -0.3 is 8.85 Å². The fraction of sp³-hybridized carbons (Fsp3) is 0.806. The molecule has 0 amide bonds. The standard InChI is InChI=1S/C31H53IO2Si2/c1-28(2,3)35(9,10)33-22-19-21-13-14-23-24-15-16-26(32)30(24,7)18-17-25(23)31(21,8)27(20-22)34-36(11,12)29(4,5)6/h13-14,16,22,24-25,27H,15,17-20H2,1-12H3/t22-,24+,25+,27+,30+,31+/m1/s1. The molecule has 2 fully saturated rings. The molecule has 0 spiro atoms. The van der Waals surface area contributed by atoms with E-state index in [2.05, 4.69) is 122 Å². The van der Waals surface area contributed by atoms with Crippen molar-refractivity contribution in [2.45, 2.75) is 136 Å². The highest BCUT2D eigenvalue weighted by molar-refractivity contribution is 14.1.